The molecule has 1 rings (SSSR count). The molecule has 0 aromatic carbocycles. The third-order valence-electron chi connectivity index (χ3n) is 2.34. The van der Waals surface area contributed by atoms with Crippen LogP contribution < -0.4 is 0 Å². The molecule has 1 aliphatic rings. The smallest absolute Gasteiger partial charge is 0.411 e. The Labute approximate surface area is 91.9 Å². The molecule has 0 aliphatic heterocycles. The van der Waals surface area contributed by atoms with Crippen molar-refractivity contribution in [1.29, 1.82) is 0 Å². The number of rotatable bonds is 4. The third kappa shape index (κ3) is 5.95. The molecule has 0 atom stereocenters. The Hall–Kier alpha value is -0.780. The van der Waals surface area contributed by atoms with Crippen molar-refractivity contribution in [2.24, 2.45) is 0 Å². The van der Waals surface area contributed by atoms with E-state index in [1.807, 2.05) is 0 Å². The molecule has 0 saturated heterocycles. The Kier molecular flexibility index (Phi) is 5.05. The normalized spacial score (nSPS) is 18.4. The Bertz CT molecular complexity index is 222. The highest BCUT2D eigenvalue weighted by Gasteiger charge is 2.28. The van der Waals surface area contributed by atoms with Gasteiger partial charge in [0, 0.05) is 0 Å². The molecular weight excluding hydrogens is 225 g/mol. The van der Waals surface area contributed by atoms with Crippen LogP contribution >= 0.6 is 0 Å². The summed E-state index contributed by atoms with van der Waals surface area (Å²) in [6.45, 7) is -2.04. The summed E-state index contributed by atoms with van der Waals surface area (Å²) in [5.74, 6) is -0.712. The van der Waals surface area contributed by atoms with Crippen molar-refractivity contribution in [3.8, 4) is 0 Å². The lowest BCUT2D eigenvalue weighted by Gasteiger charge is -2.21. The summed E-state index contributed by atoms with van der Waals surface area (Å²) in [7, 11) is 0. The third-order valence-corrected chi connectivity index (χ3v) is 2.34. The van der Waals surface area contributed by atoms with E-state index in [1.54, 1.807) is 0 Å². The summed E-state index contributed by atoms with van der Waals surface area (Å²) < 4.78 is 44.2. The van der Waals surface area contributed by atoms with E-state index in [4.69, 9.17) is 4.74 Å². The van der Waals surface area contributed by atoms with Gasteiger partial charge in [0.25, 0.3) is 0 Å². The average molecular weight is 240 g/mol. The quantitative estimate of drug-likeness (QED) is 0.708. The van der Waals surface area contributed by atoms with E-state index in [9.17, 15) is 18.0 Å². The number of carbonyl (C=O) groups is 1. The van der Waals surface area contributed by atoms with Crippen LogP contribution in [0.25, 0.3) is 0 Å². The lowest BCUT2D eigenvalue weighted by molar-refractivity contribution is -0.183. The molecule has 0 aromatic heterocycles. The van der Waals surface area contributed by atoms with Gasteiger partial charge in [-0.15, -0.1) is 0 Å². The zero-order chi connectivity index (χ0) is 12.0. The summed E-state index contributed by atoms with van der Waals surface area (Å²) in [5.41, 5.74) is 0. The highest BCUT2D eigenvalue weighted by atomic mass is 19.4. The molecule has 0 spiro atoms. The summed E-state index contributed by atoms with van der Waals surface area (Å²) in [6, 6.07) is 0. The van der Waals surface area contributed by atoms with E-state index in [-0.39, 0.29) is 6.10 Å². The van der Waals surface area contributed by atoms with Crippen molar-refractivity contribution in [2.75, 3.05) is 13.2 Å². The maximum Gasteiger partial charge on any atom is 0.411 e. The molecule has 16 heavy (non-hydrogen) atoms. The second-order valence-corrected chi connectivity index (χ2v) is 3.86. The predicted octanol–water partition coefficient (Wildman–Crippen LogP) is 2.44. The van der Waals surface area contributed by atoms with E-state index in [1.165, 1.54) is 0 Å². The van der Waals surface area contributed by atoms with Gasteiger partial charge in [0.1, 0.15) is 19.3 Å². The summed E-state index contributed by atoms with van der Waals surface area (Å²) in [6.07, 6.45) is 0.179. The Morgan fingerprint density at radius 3 is 2.38 bits per heavy atom. The Balaban J connectivity index is 2.10. The highest BCUT2D eigenvalue weighted by molar-refractivity contribution is 5.70. The van der Waals surface area contributed by atoms with Gasteiger partial charge < -0.3 is 9.47 Å². The number of hydrogen-bond donors (Lipinski definition) is 0. The van der Waals surface area contributed by atoms with Crippen molar-refractivity contribution in [3.63, 3.8) is 0 Å². The minimum absolute atomic E-state index is 0.143. The summed E-state index contributed by atoms with van der Waals surface area (Å²) in [4.78, 5) is 11.1. The zero-order valence-corrected chi connectivity index (χ0v) is 8.89. The molecule has 0 N–H and O–H groups in total. The zero-order valence-electron chi connectivity index (χ0n) is 8.89. The standard InChI is InChI=1S/C10H15F3O3/c11-10(12,13)7-15-6-9(14)16-8-4-2-1-3-5-8/h8H,1-7H2. The van der Waals surface area contributed by atoms with E-state index in [0.717, 1.165) is 32.1 Å². The fraction of sp³-hybridized carbons (Fsp3) is 0.900. The summed E-state index contributed by atoms with van der Waals surface area (Å²) >= 11 is 0. The number of hydrogen-bond acceptors (Lipinski definition) is 3. The van der Waals surface area contributed by atoms with Gasteiger partial charge in [-0.1, -0.05) is 6.42 Å². The second kappa shape index (κ2) is 6.08. The first-order valence-electron chi connectivity index (χ1n) is 5.31. The molecule has 1 fully saturated rings. The van der Waals surface area contributed by atoms with Crippen LogP contribution in [0.2, 0.25) is 0 Å². The fourth-order valence-corrected chi connectivity index (χ4v) is 1.65. The maximum atomic E-state index is 11.7. The number of esters is 1. The van der Waals surface area contributed by atoms with Gasteiger partial charge in [0.15, 0.2) is 0 Å². The lowest BCUT2D eigenvalue weighted by atomic mass is 9.98. The van der Waals surface area contributed by atoms with Crippen LogP contribution in [0.4, 0.5) is 13.2 Å². The van der Waals surface area contributed by atoms with Crippen LogP contribution in [-0.4, -0.2) is 31.5 Å². The van der Waals surface area contributed by atoms with Crippen molar-refractivity contribution in [2.45, 2.75) is 44.4 Å². The van der Waals surface area contributed by atoms with Crippen molar-refractivity contribution < 1.29 is 27.4 Å². The highest BCUT2D eigenvalue weighted by Crippen LogP contribution is 2.20. The summed E-state index contributed by atoms with van der Waals surface area (Å²) in [5, 5.41) is 0. The van der Waals surface area contributed by atoms with E-state index < -0.39 is 25.4 Å². The fourth-order valence-electron chi connectivity index (χ4n) is 1.65. The Morgan fingerprint density at radius 2 is 1.81 bits per heavy atom. The number of halogens is 3. The van der Waals surface area contributed by atoms with Crippen LogP contribution in [0.1, 0.15) is 32.1 Å². The molecular formula is C10H15F3O3. The molecule has 1 aliphatic carbocycles. The Morgan fingerprint density at radius 1 is 1.19 bits per heavy atom. The molecule has 0 aromatic rings. The van der Waals surface area contributed by atoms with Crippen LogP contribution in [0, 0.1) is 0 Å². The maximum absolute atomic E-state index is 11.7. The molecule has 0 unspecified atom stereocenters. The van der Waals surface area contributed by atoms with Gasteiger partial charge in [-0.2, -0.15) is 13.2 Å². The van der Waals surface area contributed by atoms with Crippen LogP contribution in [0.5, 0.6) is 0 Å². The molecule has 3 nitrogen and oxygen atoms in total. The van der Waals surface area contributed by atoms with Gasteiger partial charge in [0.2, 0.25) is 0 Å². The molecule has 6 heteroatoms. The van der Waals surface area contributed by atoms with Crippen molar-refractivity contribution >= 4 is 5.97 Å². The first-order chi connectivity index (χ1) is 7.47. The molecule has 0 heterocycles. The van der Waals surface area contributed by atoms with Crippen LogP contribution in [-0.2, 0) is 14.3 Å². The number of alkyl halides is 3. The first kappa shape index (κ1) is 13.3. The van der Waals surface area contributed by atoms with Crippen LogP contribution in [0.3, 0.4) is 0 Å². The van der Waals surface area contributed by atoms with Crippen molar-refractivity contribution in [3.05, 3.63) is 0 Å². The molecule has 0 radical (unpaired) electrons. The van der Waals surface area contributed by atoms with Gasteiger partial charge in [-0.3, -0.25) is 0 Å². The predicted molar refractivity (Wildman–Crippen MR) is 49.8 cm³/mol. The molecule has 0 amide bonds. The van der Waals surface area contributed by atoms with Gasteiger partial charge >= 0.3 is 12.1 Å². The molecule has 94 valence electrons. The monoisotopic (exact) mass is 240 g/mol. The van der Waals surface area contributed by atoms with Crippen molar-refractivity contribution in [1.82, 2.24) is 0 Å². The van der Waals surface area contributed by atoms with E-state index in [2.05, 4.69) is 4.74 Å². The molecule has 0 bridgehead atoms. The second-order valence-electron chi connectivity index (χ2n) is 3.86. The van der Waals surface area contributed by atoms with Gasteiger partial charge in [-0.25, -0.2) is 4.79 Å². The van der Waals surface area contributed by atoms with Gasteiger partial charge in [0.05, 0.1) is 0 Å². The van der Waals surface area contributed by atoms with Gasteiger partial charge in [-0.05, 0) is 25.7 Å². The first-order valence-corrected chi connectivity index (χ1v) is 5.31. The SMILES string of the molecule is O=C(COCC(F)(F)F)OC1CCCCC1. The molecule has 1 saturated carbocycles. The minimum Gasteiger partial charge on any atom is -0.461 e. The minimum atomic E-state index is -4.40. The largest absolute Gasteiger partial charge is 0.461 e. The van der Waals surface area contributed by atoms with E-state index in [0.29, 0.717) is 0 Å². The van der Waals surface area contributed by atoms with Crippen LogP contribution in [0.15, 0.2) is 0 Å². The number of ether oxygens (including phenoxy) is 2. The lowest BCUT2D eigenvalue weighted by Crippen LogP contribution is -2.26. The van der Waals surface area contributed by atoms with E-state index >= 15 is 0 Å². The number of carbonyl (C=O) groups excluding carboxylic acids is 1. The average Bonchev–Trinajstić information content (AvgIpc) is 2.17. The topological polar surface area (TPSA) is 35.5 Å².